The molecule has 0 aliphatic heterocycles. The Kier molecular flexibility index (Phi) is 5.21. The minimum Gasteiger partial charge on any atom is -0.394 e. The fourth-order valence-electron chi connectivity index (χ4n) is 2.09. The summed E-state index contributed by atoms with van der Waals surface area (Å²) in [5, 5.41) is 24.2. The summed E-state index contributed by atoms with van der Waals surface area (Å²) in [6.07, 6.45) is 0. The van der Waals surface area contributed by atoms with Crippen LogP contribution >= 0.6 is 0 Å². The lowest BCUT2D eigenvalue weighted by molar-refractivity contribution is -0.127. The van der Waals surface area contributed by atoms with Crippen molar-refractivity contribution in [2.45, 2.75) is 32.9 Å². The Bertz CT molecular complexity index is 611. The van der Waals surface area contributed by atoms with Gasteiger partial charge in [-0.25, -0.2) is 0 Å². The molecule has 118 valence electrons. The monoisotopic (exact) mass is 303 g/mol. The molecule has 0 saturated carbocycles. The van der Waals surface area contributed by atoms with Gasteiger partial charge in [0.15, 0.2) is 6.04 Å². The van der Waals surface area contributed by atoms with Gasteiger partial charge in [-0.3, -0.25) is 4.79 Å². The van der Waals surface area contributed by atoms with Crippen LogP contribution in [0.5, 0.6) is 0 Å². The van der Waals surface area contributed by atoms with E-state index < -0.39 is 6.04 Å². The molecule has 1 amide bonds. The standard InChI is InChI=1S/C15H21N5O2/c1-10(2)13(15(22)16-11(3)9-21)20-18-14(17-19-20)12-7-5-4-6-8-12/h4-8,10-11,13,21H,9H2,1-3H3,(H,16,22). The molecule has 0 aliphatic carbocycles. The number of nitrogens with zero attached hydrogens (tertiary/aromatic N) is 4. The van der Waals surface area contributed by atoms with E-state index in [4.69, 9.17) is 5.11 Å². The van der Waals surface area contributed by atoms with E-state index in [1.54, 1.807) is 6.92 Å². The lowest BCUT2D eigenvalue weighted by atomic mass is 10.0. The summed E-state index contributed by atoms with van der Waals surface area (Å²) in [5.74, 6) is 0.242. The highest BCUT2D eigenvalue weighted by atomic mass is 16.3. The fraction of sp³-hybridized carbons (Fsp3) is 0.467. The van der Waals surface area contributed by atoms with Gasteiger partial charge in [-0.15, -0.1) is 10.2 Å². The molecule has 0 radical (unpaired) electrons. The predicted molar refractivity (Wildman–Crippen MR) is 81.8 cm³/mol. The van der Waals surface area contributed by atoms with E-state index in [0.29, 0.717) is 5.82 Å². The Labute approximate surface area is 129 Å². The fourth-order valence-corrected chi connectivity index (χ4v) is 2.09. The minimum atomic E-state index is -0.570. The Morgan fingerprint density at radius 2 is 1.95 bits per heavy atom. The molecule has 22 heavy (non-hydrogen) atoms. The van der Waals surface area contributed by atoms with Crippen LogP contribution in [0.1, 0.15) is 26.8 Å². The first-order valence-corrected chi connectivity index (χ1v) is 7.29. The van der Waals surface area contributed by atoms with Crippen molar-refractivity contribution >= 4 is 5.91 Å². The molecule has 2 rings (SSSR count). The highest BCUT2D eigenvalue weighted by Crippen LogP contribution is 2.18. The second kappa shape index (κ2) is 7.13. The first kappa shape index (κ1) is 16.1. The van der Waals surface area contributed by atoms with Crippen molar-refractivity contribution in [2.24, 2.45) is 5.92 Å². The molecule has 7 heteroatoms. The second-order valence-electron chi connectivity index (χ2n) is 5.58. The van der Waals surface area contributed by atoms with Crippen molar-refractivity contribution in [1.29, 1.82) is 0 Å². The van der Waals surface area contributed by atoms with Gasteiger partial charge in [-0.05, 0) is 18.1 Å². The lowest BCUT2D eigenvalue weighted by Gasteiger charge is -2.20. The predicted octanol–water partition coefficient (Wildman–Crippen LogP) is 1.03. The van der Waals surface area contributed by atoms with Gasteiger partial charge in [0.1, 0.15) is 0 Å². The van der Waals surface area contributed by atoms with Crippen molar-refractivity contribution in [2.75, 3.05) is 6.61 Å². The molecule has 0 fully saturated rings. The zero-order chi connectivity index (χ0) is 16.1. The number of carbonyl (C=O) groups is 1. The average Bonchev–Trinajstić information content (AvgIpc) is 2.97. The van der Waals surface area contributed by atoms with Crippen LogP contribution in [-0.4, -0.2) is 43.9 Å². The van der Waals surface area contributed by atoms with Crippen LogP contribution in [0.2, 0.25) is 0 Å². The largest absolute Gasteiger partial charge is 0.394 e. The first-order valence-electron chi connectivity index (χ1n) is 7.29. The van der Waals surface area contributed by atoms with E-state index in [1.807, 2.05) is 44.2 Å². The Balaban J connectivity index is 2.23. The molecule has 0 aliphatic rings. The Hall–Kier alpha value is -2.28. The molecule has 0 spiro atoms. The third kappa shape index (κ3) is 3.67. The Morgan fingerprint density at radius 1 is 1.27 bits per heavy atom. The summed E-state index contributed by atoms with van der Waals surface area (Å²) < 4.78 is 0. The van der Waals surface area contributed by atoms with Crippen LogP contribution in [-0.2, 0) is 4.79 Å². The average molecular weight is 303 g/mol. The lowest BCUT2D eigenvalue weighted by Crippen LogP contribution is -2.42. The molecular formula is C15H21N5O2. The molecule has 1 aromatic heterocycles. The summed E-state index contributed by atoms with van der Waals surface area (Å²) in [5.41, 5.74) is 0.848. The van der Waals surface area contributed by atoms with Crippen LogP contribution in [0, 0.1) is 5.92 Å². The number of benzene rings is 1. The zero-order valence-electron chi connectivity index (χ0n) is 13.0. The van der Waals surface area contributed by atoms with Gasteiger partial charge in [0.05, 0.1) is 6.61 Å². The molecular weight excluding hydrogens is 282 g/mol. The van der Waals surface area contributed by atoms with Crippen LogP contribution < -0.4 is 5.32 Å². The number of aliphatic hydroxyl groups excluding tert-OH is 1. The van der Waals surface area contributed by atoms with E-state index in [-0.39, 0.29) is 24.5 Å². The van der Waals surface area contributed by atoms with E-state index in [0.717, 1.165) is 5.56 Å². The highest BCUT2D eigenvalue weighted by molar-refractivity contribution is 5.80. The molecule has 2 N–H and O–H groups in total. The maximum Gasteiger partial charge on any atom is 0.247 e. The number of tetrazole rings is 1. The summed E-state index contributed by atoms with van der Waals surface area (Å²) in [7, 11) is 0. The molecule has 0 saturated heterocycles. The summed E-state index contributed by atoms with van der Waals surface area (Å²) in [6, 6.07) is 8.59. The molecule has 1 aromatic carbocycles. The van der Waals surface area contributed by atoms with E-state index >= 15 is 0 Å². The number of aliphatic hydroxyl groups is 1. The molecule has 2 unspecified atom stereocenters. The summed E-state index contributed by atoms with van der Waals surface area (Å²) in [6.45, 7) is 5.45. The van der Waals surface area contributed by atoms with Gasteiger partial charge in [-0.1, -0.05) is 44.2 Å². The van der Waals surface area contributed by atoms with E-state index in [2.05, 4.69) is 20.7 Å². The third-order valence-corrected chi connectivity index (χ3v) is 3.27. The van der Waals surface area contributed by atoms with Gasteiger partial charge in [0.25, 0.3) is 0 Å². The Morgan fingerprint density at radius 3 is 2.55 bits per heavy atom. The van der Waals surface area contributed by atoms with Crippen LogP contribution in [0.15, 0.2) is 30.3 Å². The number of hydrogen-bond donors (Lipinski definition) is 2. The van der Waals surface area contributed by atoms with Gasteiger partial charge in [0, 0.05) is 11.6 Å². The first-order chi connectivity index (χ1) is 10.5. The van der Waals surface area contributed by atoms with Gasteiger partial charge in [-0.2, -0.15) is 4.80 Å². The third-order valence-electron chi connectivity index (χ3n) is 3.27. The molecule has 0 bridgehead atoms. The summed E-state index contributed by atoms with van der Waals surface area (Å²) >= 11 is 0. The minimum absolute atomic E-state index is 0.0104. The maximum absolute atomic E-state index is 12.3. The van der Waals surface area contributed by atoms with Crippen molar-refractivity contribution in [1.82, 2.24) is 25.5 Å². The van der Waals surface area contributed by atoms with E-state index in [9.17, 15) is 4.79 Å². The van der Waals surface area contributed by atoms with Gasteiger partial charge in [0.2, 0.25) is 11.7 Å². The van der Waals surface area contributed by atoms with Crippen LogP contribution in [0.25, 0.3) is 11.4 Å². The van der Waals surface area contributed by atoms with Crippen molar-refractivity contribution in [3.8, 4) is 11.4 Å². The molecule has 2 aromatic rings. The number of rotatable bonds is 6. The molecule has 7 nitrogen and oxygen atoms in total. The van der Waals surface area contributed by atoms with Crippen LogP contribution in [0.3, 0.4) is 0 Å². The normalized spacial score (nSPS) is 13.9. The topological polar surface area (TPSA) is 92.9 Å². The number of hydrogen-bond acceptors (Lipinski definition) is 5. The maximum atomic E-state index is 12.3. The van der Waals surface area contributed by atoms with Crippen molar-refractivity contribution in [3.63, 3.8) is 0 Å². The number of amides is 1. The second-order valence-corrected chi connectivity index (χ2v) is 5.58. The number of carbonyl (C=O) groups excluding carboxylic acids is 1. The zero-order valence-corrected chi connectivity index (χ0v) is 13.0. The van der Waals surface area contributed by atoms with Gasteiger partial charge < -0.3 is 10.4 Å². The SMILES string of the molecule is CC(CO)NC(=O)C(C(C)C)n1nnc(-c2ccccc2)n1. The van der Waals surface area contributed by atoms with Crippen LogP contribution in [0.4, 0.5) is 0 Å². The van der Waals surface area contributed by atoms with Gasteiger partial charge >= 0.3 is 0 Å². The number of aromatic nitrogens is 4. The molecule has 2 atom stereocenters. The van der Waals surface area contributed by atoms with E-state index in [1.165, 1.54) is 4.80 Å². The smallest absolute Gasteiger partial charge is 0.247 e. The highest BCUT2D eigenvalue weighted by Gasteiger charge is 2.27. The molecule has 1 heterocycles. The number of nitrogens with one attached hydrogen (secondary N) is 1. The summed E-state index contributed by atoms with van der Waals surface area (Å²) in [4.78, 5) is 13.7. The van der Waals surface area contributed by atoms with Crippen molar-refractivity contribution in [3.05, 3.63) is 30.3 Å². The quantitative estimate of drug-likeness (QED) is 0.831. The van der Waals surface area contributed by atoms with Crippen molar-refractivity contribution < 1.29 is 9.90 Å².